The van der Waals surface area contributed by atoms with Gasteiger partial charge in [0.25, 0.3) is 0 Å². The normalized spacial score (nSPS) is 15.0. The number of nitrogens with zero attached hydrogens (tertiary/aromatic N) is 2. The third kappa shape index (κ3) is 5.71. The molecule has 27 heavy (non-hydrogen) atoms. The third-order valence-corrected chi connectivity index (χ3v) is 4.43. The lowest BCUT2D eigenvalue weighted by molar-refractivity contribution is 0.291. The van der Waals surface area contributed by atoms with Crippen molar-refractivity contribution in [1.82, 2.24) is 10.3 Å². The van der Waals surface area contributed by atoms with Crippen molar-refractivity contribution < 1.29 is 9.47 Å². The summed E-state index contributed by atoms with van der Waals surface area (Å²) in [4.78, 5) is 9.29. The molecule has 1 aromatic carbocycles. The predicted octanol–water partition coefficient (Wildman–Crippen LogP) is 4.82. The Morgan fingerprint density at radius 1 is 1.04 bits per heavy atom. The van der Waals surface area contributed by atoms with Crippen LogP contribution in [0.25, 0.3) is 0 Å². The number of pyridine rings is 1. The second-order valence-corrected chi connectivity index (χ2v) is 7.15. The van der Waals surface area contributed by atoms with Gasteiger partial charge in [-0.2, -0.15) is 0 Å². The minimum Gasteiger partial charge on any atom is -0.490 e. The Morgan fingerprint density at radius 3 is 2.74 bits per heavy atom. The van der Waals surface area contributed by atoms with E-state index in [9.17, 15) is 0 Å². The summed E-state index contributed by atoms with van der Waals surface area (Å²) in [5, 5.41) is 3.50. The SMILES string of the molecule is CC(C)CCNC1=NCCCCCOc2ccccc2Oc2ncccc21. The van der Waals surface area contributed by atoms with E-state index >= 15 is 0 Å². The monoisotopic (exact) mass is 367 g/mol. The van der Waals surface area contributed by atoms with E-state index in [0.717, 1.165) is 55.9 Å². The van der Waals surface area contributed by atoms with Crippen molar-refractivity contribution in [3.63, 3.8) is 0 Å². The van der Waals surface area contributed by atoms with Crippen LogP contribution in [0.4, 0.5) is 0 Å². The molecular formula is C22H29N3O2. The van der Waals surface area contributed by atoms with E-state index in [1.165, 1.54) is 0 Å². The molecule has 5 heteroatoms. The van der Waals surface area contributed by atoms with Gasteiger partial charge in [-0.05, 0) is 55.9 Å². The zero-order valence-corrected chi connectivity index (χ0v) is 16.3. The number of hydrogen-bond donors (Lipinski definition) is 1. The van der Waals surface area contributed by atoms with Crippen LogP contribution in [0.1, 0.15) is 45.1 Å². The molecule has 1 aromatic heterocycles. The smallest absolute Gasteiger partial charge is 0.230 e. The summed E-state index contributed by atoms with van der Waals surface area (Å²) in [6.45, 7) is 6.79. The van der Waals surface area contributed by atoms with Crippen molar-refractivity contribution in [1.29, 1.82) is 0 Å². The summed E-state index contributed by atoms with van der Waals surface area (Å²) < 4.78 is 12.1. The number of nitrogens with one attached hydrogen (secondary N) is 1. The lowest BCUT2D eigenvalue weighted by atomic mass is 10.1. The van der Waals surface area contributed by atoms with Crippen LogP contribution in [0, 0.1) is 5.92 Å². The highest BCUT2D eigenvalue weighted by Gasteiger charge is 2.15. The Labute approximate surface area is 161 Å². The Balaban J connectivity index is 1.91. The number of ether oxygens (including phenoxy) is 2. The molecule has 3 rings (SSSR count). The summed E-state index contributed by atoms with van der Waals surface area (Å²) in [5.74, 6) is 3.47. The second kappa shape index (κ2) is 9.95. The molecule has 1 aliphatic rings. The zero-order chi connectivity index (χ0) is 18.9. The van der Waals surface area contributed by atoms with Gasteiger partial charge in [-0.1, -0.05) is 26.0 Å². The van der Waals surface area contributed by atoms with Gasteiger partial charge in [0, 0.05) is 19.3 Å². The largest absolute Gasteiger partial charge is 0.490 e. The molecule has 2 heterocycles. The fourth-order valence-corrected chi connectivity index (χ4v) is 2.89. The van der Waals surface area contributed by atoms with Crippen molar-refractivity contribution in [3.8, 4) is 17.4 Å². The van der Waals surface area contributed by atoms with Gasteiger partial charge < -0.3 is 14.8 Å². The molecule has 2 aromatic rings. The summed E-state index contributed by atoms with van der Waals surface area (Å²) in [7, 11) is 0. The molecule has 0 aliphatic carbocycles. The maximum absolute atomic E-state index is 6.16. The van der Waals surface area contributed by atoms with Crippen LogP contribution in [0.2, 0.25) is 0 Å². The first-order valence-corrected chi connectivity index (χ1v) is 9.87. The molecule has 0 fully saturated rings. The van der Waals surface area contributed by atoms with Crippen LogP contribution >= 0.6 is 0 Å². The van der Waals surface area contributed by atoms with Crippen molar-refractivity contribution in [3.05, 3.63) is 48.2 Å². The Bertz CT molecular complexity index is 759. The van der Waals surface area contributed by atoms with Gasteiger partial charge in [-0.3, -0.25) is 4.99 Å². The minimum absolute atomic E-state index is 0.545. The van der Waals surface area contributed by atoms with Crippen molar-refractivity contribution in [2.45, 2.75) is 39.5 Å². The first-order valence-electron chi connectivity index (χ1n) is 9.87. The fraction of sp³-hybridized carbons (Fsp3) is 0.455. The van der Waals surface area contributed by atoms with E-state index in [2.05, 4.69) is 24.1 Å². The maximum atomic E-state index is 6.16. The highest BCUT2D eigenvalue weighted by molar-refractivity contribution is 6.00. The number of amidine groups is 1. The summed E-state index contributed by atoms with van der Waals surface area (Å²) >= 11 is 0. The molecule has 1 N–H and O–H groups in total. The van der Waals surface area contributed by atoms with Crippen molar-refractivity contribution >= 4 is 5.84 Å². The second-order valence-electron chi connectivity index (χ2n) is 7.15. The quantitative estimate of drug-likeness (QED) is 0.845. The number of hydrogen-bond acceptors (Lipinski definition) is 5. The number of aliphatic imine (C=N–C) groups is 1. The number of aromatic nitrogens is 1. The average molecular weight is 367 g/mol. The highest BCUT2D eigenvalue weighted by atomic mass is 16.5. The standard InChI is InChI=1S/C22H29N3O2/c1-17(2)12-15-24-21-18-9-8-14-25-22(18)27-20-11-5-4-10-19(20)26-16-7-3-6-13-23-21/h4-5,8-11,14,17H,3,6-7,12-13,15-16H2,1-2H3,(H,23,24). The van der Waals surface area contributed by atoms with Gasteiger partial charge in [0.15, 0.2) is 11.5 Å². The molecule has 0 radical (unpaired) electrons. The molecule has 1 aliphatic heterocycles. The predicted molar refractivity (Wildman–Crippen MR) is 109 cm³/mol. The van der Waals surface area contributed by atoms with Crippen LogP contribution in [-0.4, -0.2) is 30.5 Å². The van der Waals surface area contributed by atoms with Gasteiger partial charge in [0.05, 0.1) is 12.2 Å². The van der Waals surface area contributed by atoms with E-state index < -0.39 is 0 Å². The summed E-state index contributed by atoms with van der Waals surface area (Å²) in [6.07, 6.45) is 5.96. The molecule has 0 unspecified atom stereocenters. The topological polar surface area (TPSA) is 55.7 Å². The van der Waals surface area contributed by atoms with E-state index in [1.54, 1.807) is 6.20 Å². The average Bonchev–Trinajstić information content (AvgIpc) is 2.68. The van der Waals surface area contributed by atoms with Gasteiger partial charge in [0.2, 0.25) is 5.88 Å². The minimum atomic E-state index is 0.545. The van der Waals surface area contributed by atoms with Crippen molar-refractivity contribution in [2.75, 3.05) is 19.7 Å². The van der Waals surface area contributed by atoms with Gasteiger partial charge in [0.1, 0.15) is 5.84 Å². The number of rotatable bonds is 3. The Morgan fingerprint density at radius 2 is 1.89 bits per heavy atom. The lowest BCUT2D eigenvalue weighted by Crippen LogP contribution is -2.27. The molecule has 144 valence electrons. The van der Waals surface area contributed by atoms with Crippen LogP contribution in [0.15, 0.2) is 47.6 Å². The molecule has 0 spiro atoms. The molecule has 0 saturated carbocycles. The van der Waals surface area contributed by atoms with Gasteiger partial charge >= 0.3 is 0 Å². The molecular weight excluding hydrogens is 338 g/mol. The molecule has 0 saturated heterocycles. The molecule has 0 amide bonds. The summed E-state index contributed by atoms with van der Waals surface area (Å²) in [5.41, 5.74) is 0.885. The third-order valence-electron chi connectivity index (χ3n) is 4.43. The van der Waals surface area contributed by atoms with Crippen LogP contribution in [0.3, 0.4) is 0 Å². The zero-order valence-electron chi connectivity index (χ0n) is 16.3. The number of benzene rings is 1. The van der Waals surface area contributed by atoms with Crippen LogP contribution in [-0.2, 0) is 0 Å². The number of para-hydroxylation sites is 2. The van der Waals surface area contributed by atoms with E-state index in [-0.39, 0.29) is 0 Å². The van der Waals surface area contributed by atoms with E-state index in [0.29, 0.717) is 24.2 Å². The molecule has 0 bridgehead atoms. The lowest BCUT2D eigenvalue weighted by Gasteiger charge is -2.16. The highest BCUT2D eigenvalue weighted by Crippen LogP contribution is 2.32. The van der Waals surface area contributed by atoms with E-state index in [4.69, 9.17) is 14.5 Å². The first-order chi connectivity index (χ1) is 13.2. The maximum Gasteiger partial charge on any atom is 0.230 e. The molecule has 0 atom stereocenters. The Hall–Kier alpha value is -2.56. The van der Waals surface area contributed by atoms with Crippen LogP contribution in [0.5, 0.6) is 17.4 Å². The van der Waals surface area contributed by atoms with Crippen LogP contribution < -0.4 is 14.8 Å². The van der Waals surface area contributed by atoms with E-state index in [1.807, 2.05) is 36.4 Å². The van der Waals surface area contributed by atoms with Crippen molar-refractivity contribution in [2.24, 2.45) is 10.9 Å². The molecule has 5 nitrogen and oxygen atoms in total. The Kier molecular flexibility index (Phi) is 7.08. The fourth-order valence-electron chi connectivity index (χ4n) is 2.89. The van der Waals surface area contributed by atoms with Gasteiger partial charge in [-0.15, -0.1) is 0 Å². The van der Waals surface area contributed by atoms with Gasteiger partial charge in [-0.25, -0.2) is 4.98 Å². The number of fused-ring (bicyclic) bond motifs is 2. The summed E-state index contributed by atoms with van der Waals surface area (Å²) in [6, 6.07) is 11.7. The first kappa shape index (κ1) is 19.2.